The van der Waals surface area contributed by atoms with Crippen molar-refractivity contribution in [2.45, 2.75) is 26.8 Å². The Labute approximate surface area is 149 Å². The van der Waals surface area contributed by atoms with Crippen molar-refractivity contribution in [1.82, 2.24) is 19.1 Å². The van der Waals surface area contributed by atoms with Crippen LogP contribution in [-0.4, -0.2) is 37.3 Å². The molecule has 2 aromatic heterocycles. The molecule has 0 fully saturated rings. The molecule has 0 aliphatic rings. The van der Waals surface area contributed by atoms with E-state index in [2.05, 4.69) is 9.97 Å². The van der Waals surface area contributed by atoms with E-state index in [9.17, 15) is 14.7 Å². The number of carboxylic acid groups (broad SMARTS) is 1. The molecule has 0 bridgehead atoms. The molecule has 1 unspecified atom stereocenters. The number of hydrogen-bond acceptors (Lipinski definition) is 5. The Morgan fingerprint density at radius 1 is 1.19 bits per heavy atom. The van der Waals surface area contributed by atoms with Crippen LogP contribution in [0.15, 0.2) is 41.3 Å². The number of imidazole rings is 1. The number of carbonyl (C=O) groups is 1. The summed E-state index contributed by atoms with van der Waals surface area (Å²) in [6, 6.07) is 7.51. The lowest BCUT2D eigenvalue weighted by Gasteiger charge is -2.27. The molecule has 2 heterocycles. The zero-order valence-corrected chi connectivity index (χ0v) is 15.0. The van der Waals surface area contributed by atoms with Crippen LogP contribution in [0, 0.1) is 5.41 Å². The maximum absolute atomic E-state index is 13.2. The molecule has 3 aromatic rings. The van der Waals surface area contributed by atoms with Gasteiger partial charge < -0.3 is 9.84 Å². The Balaban J connectivity index is 2.39. The zero-order valence-electron chi connectivity index (χ0n) is 15.0. The van der Waals surface area contributed by atoms with Crippen molar-refractivity contribution in [2.75, 3.05) is 7.11 Å². The standard InChI is InChI=1S/C18H20N4O4/c1-18(2,3)14(15(23)24)21-11-7-5-6-8-12(11)22(17(21)25)16-19-10-9-13(20-16)26-4/h5-10,14H,1-4H3,(H,23,24). The second kappa shape index (κ2) is 6.29. The first kappa shape index (κ1) is 17.7. The molecule has 0 saturated heterocycles. The SMILES string of the molecule is COc1ccnc(-n2c(=O)n(C(C(=O)O)C(C)(C)C)c3ccccc32)n1. The van der Waals surface area contributed by atoms with E-state index in [0.717, 1.165) is 0 Å². The van der Waals surface area contributed by atoms with Gasteiger partial charge >= 0.3 is 11.7 Å². The molecule has 136 valence electrons. The van der Waals surface area contributed by atoms with Gasteiger partial charge in [0.25, 0.3) is 0 Å². The van der Waals surface area contributed by atoms with E-state index in [-0.39, 0.29) is 5.95 Å². The number of ether oxygens (including phenoxy) is 1. The summed E-state index contributed by atoms with van der Waals surface area (Å²) in [6.45, 7) is 5.35. The molecule has 1 N–H and O–H groups in total. The van der Waals surface area contributed by atoms with E-state index in [1.54, 1.807) is 51.1 Å². The van der Waals surface area contributed by atoms with Crippen LogP contribution < -0.4 is 10.4 Å². The topological polar surface area (TPSA) is 99.2 Å². The van der Waals surface area contributed by atoms with Crippen molar-refractivity contribution in [3.05, 3.63) is 47.0 Å². The summed E-state index contributed by atoms with van der Waals surface area (Å²) in [7, 11) is 1.47. The van der Waals surface area contributed by atoms with Gasteiger partial charge in [0, 0.05) is 12.3 Å². The summed E-state index contributed by atoms with van der Waals surface area (Å²) in [5.41, 5.74) is -0.158. The van der Waals surface area contributed by atoms with Gasteiger partial charge in [-0.05, 0) is 17.5 Å². The number of nitrogens with zero attached hydrogens (tertiary/aromatic N) is 4. The van der Waals surface area contributed by atoms with Gasteiger partial charge in [0.05, 0.1) is 18.1 Å². The first-order valence-electron chi connectivity index (χ1n) is 8.08. The van der Waals surface area contributed by atoms with E-state index in [1.807, 2.05) is 0 Å². The van der Waals surface area contributed by atoms with Crippen LogP contribution in [0.4, 0.5) is 0 Å². The van der Waals surface area contributed by atoms with E-state index < -0.39 is 23.1 Å². The summed E-state index contributed by atoms with van der Waals surface area (Å²) in [5, 5.41) is 9.79. The number of benzene rings is 1. The van der Waals surface area contributed by atoms with Crippen molar-refractivity contribution in [1.29, 1.82) is 0 Å². The molecular weight excluding hydrogens is 336 g/mol. The van der Waals surface area contributed by atoms with Crippen LogP contribution in [0.2, 0.25) is 0 Å². The second-order valence-corrected chi connectivity index (χ2v) is 6.98. The highest BCUT2D eigenvalue weighted by molar-refractivity contribution is 5.81. The van der Waals surface area contributed by atoms with Crippen molar-refractivity contribution in [2.24, 2.45) is 5.41 Å². The molecule has 0 aliphatic carbocycles. The largest absolute Gasteiger partial charge is 0.481 e. The highest BCUT2D eigenvalue weighted by atomic mass is 16.5. The number of methoxy groups -OCH3 is 1. The van der Waals surface area contributed by atoms with E-state index in [0.29, 0.717) is 16.9 Å². The molecule has 1 atom stereocenters. The van der Waals surface area contributed by atoms with E-state index in [1.165, 1.54) is 22.4 Å². The third-order valence-electron chi connectivity index (χ3n) is 4.12. The molecule has 26 heavy (non-hydrogen) atoms. The number of rotatable bonds is 4. The number of fused-ring (bicyclic) bond motifs is 1. The van der Waals surface area contributed by atoms with Gasteiger partial charge in [0.1, 0.15) is 6.04 Å². The molecule has 0 amide bonds. The molecular formula is C18H20N4O4. The highest BCUT2D eigenvalue weighted by Crippen LogP contribution is 2.32. The van der Waals surface area contributed by atoms with Crippen molar-refractivity contribution in [3.8, 4) is 11.8 Å². The van der Waals surface area contributed by atoms with Gasteiger partial charge in [-0.2, -0.15) is 4.98 Å². The van der Waals surface area contributed by atoms with Crippen molar-refractivity contribution < 1.29 is 14.6 Å². The lowest BCUT2D eigenvalue weighted by atomic mass is 9.86. The van der Waals surface area contributed by atoms with Crippen LogP contribution in [-0.2, 0) is 4.79 Å². The minimum atomic E-state index is -1.07. The Kier molecular flexibility index (Phi) is 4.27. The second-order valence-electron chi connectivity index (χ2n) is 6.98. The van der Waals surface area contributed by atoms with Crippen molar-refractivity contribution in [3.63, 3.8) is 0 Å². The van der Waals surface area contributed by atoms with Gasteiger partial charge in [-0.1, -0.05) is 32.9 Å². The van der Waals surface area contributed by atoms with Crippen LogP contribution >= 0.6 is 0 Å². The number of hydrogen-bond donors (Lipinski definition) is 1. The molecule has 0 spiro atoms. The Morgan fingerprint density at radius 2 is 1.85 bits per heavy atom. The number of aliphatic carboxylic acids is 1. The fourth-order valence-electron chi connectivity index (χ4n) is 3.04. The minimum absolute atomic E-state index is 0.127. The first-order chi connectivity index (χ1) is 12.3. The molecule has 8 nitrogen and oxygen atoms in total. The van der Waals surface area contributed by atoms with Crippen molar-refractivity contribution >= 4 is 17.0 Å². The van der Waals surface area contributed by atoms with Gasteiger partial charge in [-0.25, -0.2) is 19.1 Å². The summed E-state index contributed by atoms with van der Waals surface area (Å²) >= 11 is 0. The molecule has 0 aliphatic heterocycles. The fourth-order valence-corrected chi connectivity index (χ4v) is 3.04. The average Bonchev–Trinajstić information content (AvgIpc) is 2.86. The lowest BCUT2D eigenvalue weighted by molar-refractivity contribution is -0.144. The maximum Gasteiger partial charge on any atom is 0.336 e. The van der Waals surface area contributed by atoms with Crippen LogP contribution in [0.5, 0.6) is 5.88 Å². The van der Waals surface area contributed by atoms with E-state index in [4.69, 9.17) is 4.74 Å². The number of para-hydroxylation sites is 2. The molecule has 0 radical (unpaired) electrons. The molecule has 3 rings (SSSR count). The van der Waals surface area contributed by atoms with Crippen LogP contribution in [0.25, 0.3) is 17.0 Å². The third kappa shape index (κ3) is 2.83. The van der Waals surface area contributed by atoms with Gasteiger partial charge in [0.2, 0.25) is 11.8 Å². The van der Waals surface area contributed by atoms with Gasteiger partial charge in [-0.15, -0.1) is 0 Å². The summed E-state index contributed by atoms with van der Waals surface area (Å²) in [5.74, 6) is -0.638. The Hall–Kier alpha value is -3.16. The summed E-state index contributed by atoms with van der Waals surface area (Å²) < 4.78 is 7.70. The Bertz CT molecular complexity index is 1030. The normalized spacial score (nSPS) is 12.9. The predicted molar refractivity (Wildman–Crippen MR) is 95.8 cm³/mol. The average molecular weight is 356 g/mol. The zero-order chi connectivity index (χ0) is 19.1. The van der Waals surface area contributed by atoms with Gasteiger partial charge in [-0.3, -0.25) is 4.57 Å². The molecule has 8 heteroatoms. The number of carboxylic acids is 1. The summed E-state index contributed by atoms with van der Waals surface area (Å²) in [4.78, 5) is 33.6. The highest BCUT2D eigenvalue weighted by Gasteiger charge is 2.36. The van der Waals surface area contributed by atoms with Gasteiger partial charge in [0.15, 0.2) is 0 Å². The predicted octanol–water partition coefficient (Wildman–Crippen LogP) is 2.26. The first-order valence-corrected chi connectivity index (χ1v) is 8.08. The fraction of sp³-hybridized carbons (Fsp3) is 0.333. The van der Waals surface area contributed by atoms with Crippen LogP contribution in [0.3, 0.4) is 0 Å². The monoisotopic (exact) mass is 356 g/mol. The lowest BCUT2D eigenvalue weighted by Crippen LogP contribution is -2.38. The van der Waals surface area contributed by atoms with Crippen LogP contribution in [0.1, 0.15) is 26.8 Å². The third-order valence-corrected chi connectivity index (χ3v) is 4.12. The minimum Gasteiger partial charge on any atom is -0.481 e. The molecule has 1 aromatic carbocycles. The smallest absolute Gasteiger partial charge is 0.336 e. The quantitative estimate of drug-likeness (QED) is 0.770. The summed E-state index contributed by atoms with van der Waals surface area (Å²) in [6.07, 6.45) is 1.48. The number of aromatic nitrogens is 4. The Morgan fingerprint density at radius 3 is 2.42 bits per heavy atom. The maximum atomic E-state index is 13.2. The van der Waals surface area contributed by atoms with E-state index >= 15 is 0 Å². The molecule has 0 saturated carbocycles.